The lowest BCUT2D eigenvalue weighted by molar-refractivity contribution is 1.26. The molecule has 2 heteroatoms. The van der Waals surface area contributed by atoms with Crippen molar-refractivity contribution in [3.05, 3.63) is 10.2 Å². The van der Waals surface area contributed by atoms with Gasteiger partial charge in [-0.1, -0.05) is 28.7 Å². The maximum absolute atomic E-state index is 5.05. The highest BCUT2D eigenvalue weighted by atomic mass is 127. The van der Waals surface area contributed by atoms with Gasteiger partial charge in [-0.3, -0.25) is 0 Å². The SMILES string of the molecule is NC/C=C\I. The van der Waals surface area contributed by atoms with Gasteiger partial charge in [0, 0.05) is 6.54 Å². The lowest BCUT2D eigenvalue weighted by atomic mass is 10.7. The molecule has 0 aromatic heterocycles. The van der Waals surface area contributed by atoms with Crippen molar-refractivity contribution in [2.75, 3.05) is 6.54 Å². The van der Waals surface area contributed by atoms with Crippen LogP contribution in [0, 0.1) is 0 Å². The van der Waals surface area contributed by atoms with Crippen molar-refractivity contribution in [1.82, 2.24) is 0 Å². The Labute approximate surface area is 45.4 Å². The molecule has 0 unspecified atom stereocenters. The first-order chi connectivity index (χ1) is 2.41. The number of rotatable bonds is 1. The van der Waals surface area contributed by atoms with Crippen molar-refractivity contribution >= 4 is 22.6 Å². The fourth-order valence-electron chi connectivity index (χ4n) is 0.0514. The zero-order valence-corrected chi connectivity index (χ0v) is 4.97. The van der Waals surface area contributed by atoms with Gasteiger partial charge in [-0.15, -0.1) is 0 Å². The molecule has 30 valence electrons. The van der Waals surface area contributed by atoms with E-state index in [2.05, 4.69) is 22.6 Å². The van der Waals surface area contributed by atoms with Crippen molar-refractivity contribution in [2.45, 2.75) is 0 Å². The Morgan fingerprint density at radius 3 is 2.40 bits per heavy atom. The van der Waals surface area contributed by atoms with Crippen molar-refractivity contribution in [1.29, 1.82) is 0 Å². The number of halogens is 1. The Morgan fingerprint density at radius 1 is 1.80 bits per heavy atom. The van der Waals surface area contributed by atoms with E-state index in [0.29, 0.717) is 6.54 Å². The maximum atomic E-state index is 5.05. The van der Waals surface area contributed by atoms with Crippen LogP contribution in [0.1, 0.15) is 0 Å². The van der Waals surface area contributed by atoms with Gasteiger partial charge < -0.3 is 5.73 Å². The first-order valence-corrected chi connectivity index (χ1v) is 2.61. The van der Waals surface area contributed by atoms with Crippen LogP contribution >= 0.6 is 22.6 Å². The summed E-state index contributed by atoms with van der Waals surface area (Å²) in [7, 11) is 0. The van der Waals surface area contributed by atoms with E-state index in [4.69, 9.17) is 5.73 Å². The lowest BCUT2D eigenvalue weighted by Gasteiger charge is -1.65. The second kappa shape index (κ2) is 4.43. The minimum absolute atomic E-state index is 0.656. The summed E-state index contributed by atoms with van der Waals surface area (Å²) >= 11 is 2.13. The van der Waals surface area contributed by atoms with Gasteiger partial charge in [0.15, 0.2) is 0 Å². The van der Waals surface area contributed by atoms with Crippen LogP contribution in [0.4, 0.5) is 0 Å². The molecule has 0 spiro atoms. The summed E-state index contributed by atoms with van der Waals surface area (Å²) in [6, 6.07) is 0. The van der Waals surface area contributed by atoms with Gasteiger partial charge in [0.25, 0.3) is 0 Å². The first kappa shape index (κ1) is 5.43. The summed E-state index contributed by atoms with van der Waals surface area (Å²) in [5.74, 6) is 0. The molecule has 0 atom stereocenters. The Kier molecular flexibility index (Phi) is 4.81. The van der Waals surface area contributed by atoms with E-state index in [9.17, 15) is 0 Å². The van der Waals surface area contributed by atoms with Crippen LogP contribution < -0.4 is 5.73 Å². The molecule has 0 amide bonds. The Morgan fingerprint density at radius 2 is 2.40 bits per heavy atom. The minimum atomic E-state index is 0.656. The van der Waals surface area contributed by atoms with Gasteiger partial charge in [-0.25, -0.2) is 0 Å². The van der Waals surface area contributed by atoms with Crippen LogP contribution in [0.15, 0.2) is 10.2 Å². The molecule has 0 aromatic carbocycles. The average molecular weight is 183 g/mol. The smallest absolute Gasteiger partial charge is 0.0114 e. The Bertz CT molecular complexity index is 33.9. The minimum Gasteiger partial charge on any atom is -0.327 e. The molecular weight excluding hydrogens is 177 g/mol. The van der Waals surface area contributed by atoms with E-state index in [1.54, 1.807) is 0 Å². The molecule has 2 N–H and O–H groups in total. The van der Waals surface area contributed by atoms with Crippen LogP contribution in [0.2, 0.25) is 0 Å². The quantitative estimate of drug-likeness (QED) is 0.600. The fourth-order valence-corrected chi connectivity index (χ4v) is 0.345. The van der Waals surface area contributed by atoms with E-state index < -0.39 is 0 Å². The van der Waals surface area contributed by atoms with Crippen molar-refractivity contribution < 1.29 is 0 Å². The normalized spacial score (nSPS) is 10.0. The standard InChI is InChI=1S/C3H6IN/c4-2-1-3-5/h1-2H,3,5H2/b2-1-. The molecule has 5 heavy (non-hydrogen) atoms. The molecule has 0 aliphatic carbocycles. The molecule has 0 aromatic rings. The number of hydrogen-bond acceptors (Lipinski definition) is 1. The van der Waals surface area contributed by atoms with Gasteiger partial charge in [0.1, 0.15) is 0 Å². The van der Waals surface area contributed by atoms with E-state index in [1.807, 2.05) is 10.2 Å². The predicted octanol–water partition coefficient (Wildman–Crippen LogP) is 0.894. The largest absolute Gasteiger partial charge is 0.327 e. The van der Waals surface area contributed by atoms with Crippen LogP contribution in [0.5, 0.6) is 0 Å². The maximum Gasteiger partial charge on any atom is 0.0114 e. The van der Waals surface area contributed by atoms with Crippen LogP contribution in [-0.4, -0.2) is 6.54 Å². The highest BCUT2D eigenvalue weighted by Crippen LogP contribution is 1.78. The summed E-state index contributed by atoms with van der Waals surface area (Å²) in [6.45, 7) is 0.656. The third-order valence-electron chi connectivity index (χ3n) is 0.225. The third kappa shape index (κ3) is 4.43. The van der Waals surface area contributed by atoms with Crippen molar-refractivity contribution in [3.63, 3.8) is 0 Å². The Balaban J connectivity index is 2.62. The second-order valence-corrected chi connectivity index (χ2v) is 1.32. The molecule has 0 saturated carbocycles. The lowest BCUT2D eigenvalue weighted by Crippen LogP contribution is -1.90. The summed E-state index contributed by atoms with van der Waals surface area (Å²) < 4.78 is 1.90. The van der Waals surface area contributed by atoms with Gasteiger partial charge >= 0.3 is 0 Å². The van der Waals surface area contributed by atoms with E-state index in [0.717, 1.165) is 0 Å². The summed E-state index contributed by atoms with van der Waals surface area (Å²) in [5.41, 5.74) is 5.05. The van der Waals surface area contributed by atoms with Gasteiger partial charge in [0.05, 0.1) is 0 Å². The highest BCUT2D eigenvalue weighted by molar-refractivity contribution is 14.1. The molecule has 0 bridgehead atoms. The summed E-state index contributed by atoms with van der Waals surface area (Å²) in [4.78, 5) is 0. The van der Waals surface area contributed by atoms with Crippen LogP contribution in [0.25, 0.3) is 0 Å². The highest BCUT2D eigenvalue weighted by Gasteiger charge is 1.52. The topological polar surface area (TPSA) is 26.0 Å². The molecule has 0 heterocycles. The van der Waals surface area contributed by atoms with E-state index in [-0.39, 0.29) is 0 Å². The molecular formula is C3H6IN. The zero-order valence-electron chi connectivity index (χ0n) is 2.82. The zero-order chi connectivity index (χ0) is 4.12. The van der Waals surface area contributed by atoms with E-state index in [1.165, 1.54) is 0 Å². The monoisotopic (exact) mass is 183 g/mol. The first-order valence-electron chi connectivity index (χ1n) is 1.37. The summed E-state index contributed by atoms with van der Waals surface area (Å²) in [5, 5.41) is 0. The number of hydrogen-bond donors (Lipinski definition) is 1. The molecule has 0 radical (unpaired) electrons. The van der Waals surface area contributed by atoms with Crippen molar-refractivity contribution in [3.8, 4) is 0 Å². The second-order valence-electron chi connectivity index (χ2n) is 0.597. The van der Waals surface area contributed by atoms with Gasteiger partial charge in [-0.2, -0.15) is 0 Å². The molecule has 1 nitrogen and oxygen atoms in total. The molecule has 0 saturated heterocycles. The van der Waals surface area contributed by atoms with E-state index >= 15 is 0 Å². The summed E-state index contributed by atoms with van der Waals surface area (Å²) in [6.07, 6.45) is 1.89. The molecule has 0 aliphatic rings. The van der Waals surface area contributed by atoms with Crippen molar-refractivity contribution in [2.24, 2.45) is 5.73 Å². The van der Waals surface area contributed by atoms with Gasteiger partial charge in [-0.05, 0) is 4.08 Å². The molecule has 0 fully saturated rings. The fraction of sp³-hybridized carbons (Fsp3) is 0.333. The number of nitrogens with two attached hydrogens (primary N) is 1. The Hall–Kier alpha value is 0.430. The van der Waals surface area contributed by atoms with Crippen LogP contribution in [-0.2, 0) is 0 Å². The van der Waals surface area contributed by atoms with Crippen LogP contribution in [0.3, 0.4) is 0 Å². The predicted molar refractivity (Wildman–Crippen MR) is 32.2 cm³/mol. The third-order valence-corrected chi connectivity index (χ3v) is 0.734. The average Bonchev–Trinajstić information content (AvgIpc) is 1.41. The van der Waals surface area contributed by atoms with Gasteiger partial charge in [0.2, 0.25) is 0 Å². The molecule has 0 rings (SSSR count). The molecule has 0 aliphatic heterocycles.